The van der Waals surface area contributed by atoms with Gasteiger partial charge in [0.25, 0.3) is 0 Å². The van der Waals surface area contributed by atoms with Crippen LogP contribution in [0.5, 0.6) is 5.75 Å². The highest BCUT2D eigenvalue weighted by atomic mass is 79.9. The lowest BCUT2D eigenvalue weighted by atomic mass is 10.0. The molecule has 142 valence electrons. The number of carbonyl (C=O) groups is 1. The summed E-state index contributed by atoms with van der Waals surface area (Å²) in [7, 11) is 1.62. The van der Waals surface area contributed by atoms with Gasteiger partial charge in [-0.25, -0.2) is 9.48 Å². The second-order valence-electron chi connectivity index (χ2n) is 7.54. The summed E-state index contributed by atoms with van der Waals surface area (Å²) in [5, 5.41) is 8.57. The Morgan fingerprint density at radius 1 is 1.35 bits per heavy atom. The number of halogens is 1. The number of piperidine rings is 1. The van der Waals surface area contributed by atoms with Gasteiger partial charge in [-0.05, 0) is 68.1 Å². The summed E-state index contributed by atoms with van der Waals surface area (Å²) < 4.78 is 13.7. The van der Waals surface area contributed by atoms with Gasteiger partial charge in [-0.1, -0.05) is 5.21 Å². The predicted molar refractivity (Wildman–Crippen MR) is 102 cm³/mol. The molecule has 1 aromatic heterocycles. The van der Waals surface area contributed by atoms with Gasteiger partial charge >= 0.3 is 6.09 Å². The number of methoxy groups -OCH3 is 1. The van der Waals surface area contributed by atoms with Gasteiger partial charge in [-0.2, -0.15) is 0 Å². The van der Waals surface area contributed by atoms with Gasteiger partial charge in [-0.15, -0.1) is 5.10 Å². The van der Waals surface area contributed by atoms with Crippen LogP contribution in [0.15, 0.2) is 16.6 Å². The summed E-state index contributed by atoms with van der Waals surface area (Å²) in [4.78, 5) is 14.4. The molecule has 1 saturated heterocycles. The van der Waals surface area contributed by atoms with E-state index in [1.54, 1.807) is 7.11 Å². The number of hydrogen-bond donors (Lipinski definition) is 0. The minimum absolute atomic E-state index is 0.0293. The van der Waals surface area contributed by atoms with E-state index in [4.69, 9.17) is 9.47 Å². The standard InChI is InChI=1S/C18H25BrN4O3/c1-18(2,3)26-17(24)22-10-6-5-7-12(22)11-23-16-13(19)8-9-14(25-4)15(16)20-21-23/h8-9,12H,5-7,10-11H2,1-4H3. The summed E-state index contributed by atoms with van der Waals surface area (Å²) in [6.45, 7) is 6.94. The molecule has 0 aliphatic carbocycles. The Hall–Kier alpha value is -1.83. The third kappa shape index (κ3) is 3.95. The molecule has 1 fully saturated rings. The normalized spacial score (nSPS) is 18.2. The molecule has 0 saturated carbocycles. The Morgan fingerprint density at radius 3 is 2.81 bits per heavy atom. The number of hydrogen-bond acceptors (Lipinski definition) is 5. The van der Waals surface area contributed by atoms with Crippen molar-refractivity contribution in [2.75, 3.05) is 13.7 Å². The summed E-state index contributed by atoms with van der Waals surface area (Å²) in [5.41, 5.74) is 1.08. The molecule has 7 nitrogen and oxygen atoms in total. The largest absolute Gasteiger partial charge is 0.494 e. The number of carbonyl (C=O) groups excluding carboxylic acids is 1. The van der Waals surface area contributed by atoms with Gasteiger partial charge < -0.3 is 14.4 Å². The molecule has 2 heterocycles. The average molecular weight is 425 g/mol. The van der Waals surface area contributed by atoms with Crippen molar-refractivity contribution in [3.63, 3.8) is 0 Å². The molecule has 8 heteroatoms. The molecule has 1 aromatic carbocycles. The van der Waals surface area contributed by atoms with Gasteiger partial charge in [0.05, 0.1) is 19.7 Å². The fourth-order valence-corrected chi connectivity index (χ4v) is 3.79. The third-order valence-corrected chi connectivity index (χ3v) is 5.07. The highest BCUT2D eigenvalue weighted by molar-refractivity contribution is 9.10. The molecular formula is C18H25BrN4O3. The van der Waals surface area contributed by atoms with E-state index < -0.39 is 5.60 Å². The molecule has 1 amide bonds. The number of fused-ring (bicyclic) bond motifs is 1. The van der Waals surface area contributed by atoms with Crippen LogP contribution in [-0.4, -0.2) is 51.3 Å². The van der Waals surface area contributed by atoms with Crippen LogP contribution in [0.2, 0.25) is 0 Å². The van der Waals surface area contributed by atoms with Crippen molar-refractivity contribution >= 4 is 33.1 Å². The Kier molecular flexibility index (Phi) is 5.41. The first-order chi connectivity index (χ1) is 12.3. The Labute approximate surface area is 161 Å². The van der Waals surface area contributed by atoms with Crippen LogP contribution in [0.3, 0.4) is 0 Å². The van der Waals surface area contributed by atoms with Crippen LogP contribution in [0.1, 0.15) is 40.0 Å². The van der Waals surface area contributed by atoms with Crippen LogP contribution < -0.4 is 4.74 Å². The van der Waals surface area contributed by atoms with E-state index >= 15 is 0 Å². The summed E-state index contributed by atoms with van der Waals surface area (Å²) in [6, 6.07) is 3.81. The van der Waals surface area contributed by atoms with E-state index in [9.17, 15) is 4.79 Å². The van der Waals surface area contributed by atoms with Crippen molar-refractivity contribution in [3.05, 3.63) is 16.6 Å². The number of amides is 1. The molecule has 1 aliphatic heterocycles. The first kappa shape index (κ1) is 18.9. The Morgan fingerprint density at radius 2 is 2.12 bits per heavy atom. The SMILES string of the molecule is COc1ccc(Br)c2c1nnn2CC1CCCCN1C(=O)OC(C)(C)C. The maximum atomic E-state index is 12.6. The fraction of sp³-hybridized carbons (Fsp3) is 0.611. The number of aromatic nitrogens is 3. The average Bonchev–Trinajstić information content (AvgIpc) is 2.99. The quantitative estimate of drug-likeness (QED) is 0.744. The van der Waals surface area contributed by atoms with E-state index in [2.05, 4.69) is 26.2 Å². The number of nitrogens with zero attached hydrogens (tertiary/aromatic N) is 4. The molecular weight excluding hydrogens is 400 g/mol. The molecule has 0 spiro atoms. The van der Waals surface area contributed by atoms with Gasteiger partial charge in [0, 0.05) is 11.0 Å². The highest BCUT2D eigenvalue weighted by Crippen LogP contribution is 2.31. The summed E-state index contributed by atoms with van der Waals surface area (Å²) >= 11 is 3.58. The van der Waals surface area contributed by atoms with Crippen LogP contribution in [0.25, 0.3) is 11.0 Å². The topological polar surface area (TPSA) is 69.5 Å². The van der Waals surface area contributed by atoms with Gasteiger partial charge in [-0.3, -0.25) is 0 Å². The van der Waals surface area contributed by atoms with Crippen molar-refractivity contribution in [1.29, 1.82) is 0 Å². The van der Waals surface area contributed by atoms with E-state index in [0.717, 1.165) is 29.3 Å². The van der Waals surface area contributed by atoms with E-state index in [0.29, 0.717) is 24.4 Å². The molecule has 26 heavy (non-hydrogen) atoms. The number of benzene rings is 1. The predicted octanol–water partition coefficient (Wildman–Crippen LogP) is 3.99. The summed E-state index contributed by atoms with van der Waals surface area (Å²) in [5.74, 6) is 0.682. The van der Waals surface area contributed by atoms with Crippen LogP contribution in [0, 0.1) is 0 Å². The zero-order valence-corrected chi connectivity index (χ0v) is 17.2. The molecule has 1 aliphatic rings. The maximum Gasteiger partial charge on any atom is 0.410 e. The second kappa shape index (κ2) is 7.42. The molecule has 0 bridgehead atoms. The van der Waals surface area contributed by atoms with Crippen molar-refractivity contribution in [3.8, 4) is 5.75 Å². The molecule has 3 rings (SSSR count). The Balaban J connectivity index is 1.87. The fourth-order valence-electron chi connectivity index (χ4n) is 3.27. The lowest BCUT2D eigenvalue weighted by molar-refractivity contribution is 0.00748. The van der Waals surface area contributed by atoms with Crippen molar-refractivity contribution < 1.29 is 14.3 Å². The van der Waals surface area contributed by atoms with E-state index in [-0.39, 0.29) is 12.1 Å². The first-order valence-electron chi connectivity index (χ1n) is 8.85. The Bertz CT molecular complexity index is 800. The zero-order chi connectivity index (χ0) is 18.9. The maximum absolute atomic E-state index is 12.6. The van der Waals surface area contributed by atoms with E-state index in [1.165, 1.54) is 0 Å². The van der Waals surface area contributed by atoms with Gasteiger partial charge in [0.1, 0.15) is 16.9 Å². The number of likely N-dealkylation sites (tertiary alicyclic amines) is 1. The molecule has 1 unspecified atom stereocenters. The molecule has 2 aromatic rings. The summed E-state index contributed by atoms with van der Waals surface area (Å²) in [6.07, 6.45) is 2.73. The van der Waals surface area contributed by atoms with Gasteiger partial charge in [0.15, 0.2) is 5.52 Å². The van der Waals surface area contributed by atoms with Gasteiger partial charge in [0.2, 0.25) is 0 Å². The molecule has 0 N–H and O–H groups in total. The van der Waals surface area contributed by atoms with Crippen molar-refractivity contribution in [1.82, 2.24) is 19.9 Å². The van der Waals surface area contributed by atoms with E-state index in [1.807, 2.05) is 42.5 Å². The molecule has 1 atom stereocenters. The number of rotatable bonds is 3. The lowest BCUT2D eigenvalue weighted by Crippen LogP contribution is -2.48. The highest BCUT2D eigenvalue weighted by Gasteiger charge is 2.31. The number of ether oxygens (including phenoxy) is 2. The van der Waals surface area contributed by atoms with Crippen molar-refractivity contribution in [2.24, 2.45) is 0 Å². The zero-order valence-electron chi connectivity index (χ0n) is 15.7. The second-order valence-corrected chi connectivity index (χ2v) is 8.40. The first-order valence-corrected chi connectivity index (χ1v) is 9.65. The van der Waals surface area contributed by atoms with Crippen LogP contribution in [-0.2, 0) is 11.3 Å². The van der Waals surface area contributed by atoms with Crippen molar-refractivity contribution in [2.45, 2.75) is 58.2 Å². The lowest BCUT2D eigenvalue weighted by Gasteiger charge is -2.36. The van der Waals surface area contributed by atoms with Crippen LogP contribution in [0.4, 0.5) is 4.79 Å². The minimum atomic E-state index is -0.505. The smallest absolute Gasteiger partial charge is 0.410 e. The molecule has 0 radical (unpaired) electrons. The minimum Gasteiger partial charge on any atom is -0.494 e. The third-order valence-electron chi connectivity index (χ3n) is 4.43. The monoisotopic (exact) mass is 424 g/mol. The van der Waals surface area contributed by atoms with Crippen LogP contribution >= 0.6 is 15.9 Å².